The van der Waals surface area contributed by atoms with E-state index in [9.17, 15) is 14.0 Å². The Kier molecular flexibility index (Phi) is 5.87. The first-order chi connectivity index (χ1) is 13.7. The highest BCUT2D eigenvalue weighted by Gasteiger charge is 2.38. The molecule has 7 heteroatoms. The number of hydrogen-bond donors (Lipinski definition) is 0. The van der Waals surface area contributed by atoms with Gasteiger partial charge < -0.3 is 19.1 Å². The maximum atomic E-state index is 13.0. The van der Waals surface area contributed by atoms with Gasteiger partial charge in [-0.05, 0) is 23.8 Å². The minimum Gasteiger partial charge on any atom is -0.489 e. The highest BCUT2D eigenvalue weighted by atomic mass is 19.1. The lowest BCUT2D eigenvalue weighted by molar-refractivity contribution is -0.159. The Labute approximate surface area is 168 Å². The van der Waals surface area contributed by atoms with Crippen molar-refractivity contribution < 1.29 is 28.2 Å². The van der Waals surface area contributed by atoms with Crippen LogP contribution in [0.3, 0.4) is 0 Å². The SMILES string of the molecule is CN(Cc1ccccc1OCc1ccc(F)cc1)C(=O)C=C1OC(C)(C)OC1=O. The predicted octanol–water partition coefficient (Wildman–Crippen LogP) is 3.56. The number of halogens is 1. The molecule has 1 heterocycles. The number of esters is 1. The number of para-hydroxylation sites is 1. The van der Waals surface area contributed by atoms with Gasteiger partial charge in [-0.15, -0.1) is 0 Å². The van der Waals surface area contributed by atoms with E-state index in [0.29, 0.717) is 5.75 Å². The number of hydrogen-bond acceptors (Lipinski definition) is 5. The molecule has 1 fully saturated rings. The highest BCUT2D eigenvalue weighted by Crippen LogP contribution is 2.26. The largest absolute Gasteiger partial charge is 0.489 e. The van der Waals surface area contributed by atoms with Crippen LogP contribution in [-0.2, 0) is 32.2 Å². The number of nitrogens with zero attached hydrogens (tertiary/aromatic N) is 1. The second-order valence-electron chi connectivity index (χ2n) is 7.12. The molecular formula is C22H22FNO5. The van der Waals surface area contributed by atoms with Crippen molar-refractivity contribution in [3.8, 4) is 5.75 Å². The zero-order valence-electron chi connectivity index (χ0n) is 16.5. The summed E-state index contributed by atoms with van der Waals surface area (Å²) in [7, 11) is 1.61. The fraction of sp³-hybridized carbons (Fsp3) is 0.273. The second-order valence-corrected chi connectivity index (χ2v) is 7.12. The number of carbonyl (C=O) groups excluding carboxylic acids is 2. The van der Waals surface area contributed by atoms with Crippen LogP contribution in [0.15, 0.2) is 60.4 Å². The first-order valence-corrected chi connectivity index (χ1v) is 9.08. The van der Waals surface area contributed by atoms with Crippen LogP contribution < -0.4 is 4.74 Å². The molecule has 0 spiro atoms. The van der Waals surface area contributed by atoms with E-state index < -0.39 is 17.7 Å². The zero-order chi connectivity index (χ0) is 21.0. The number of benzene rings is 2. The Morgan fingerprint density at radius 2 is 1.83 bits per heavy atom. The lowest BCUT2D eigenvalue weighted by Gasteiger charge is -2.18. The summed E-state index contributed by atoms with van der Waals surface area (Å²) < 4.78 is 29.2. The monoisotopic (exact) mass is 399 g/mol. The quantitative estimate of drug-likeness (QED) is 0.549. The van der Waals surface area contributed by atoms with E-state index in [2.05, 4.69) is 0 Å². The highest BCUT2D eigenvalue weighted by molar-refractivity contribution is 5.97. The van der Waals surface area contributed by atoms with E-state index in [1.165, 1.54) is 17.0 Å². The van der Waals surface area contributed by atoms with Crippen molar-refractivity contribution in [3.05, 3.63) is 77.3 Å². The molecule has 2 aromatic carbocycles. The summed E-state index contributed by atoms with van der Waals surface area (Å²) in [6.45, 7) is 3.72. The van der Waals surface area contributed by atoms with Crippen molar-refractivity contribution in [2.45, 2.75) is 32.8 Å². The summed E-state index contributed by atoms with van der Waals surface area (Å²) in [5, 5.41) is 0. The number of cyclic esters (lactones) is 1. The topological polar surface area (TPSA) is 65.1 Å². The lowest BCUT2D eigenvalue weighted by Crippen LogP contribution is -2.25. The van der Waals surface area contributed by atoms with Gasteiger partial charge in [0.05, 0.1) is 6.08 Å². The molecule has 0 bridgehead atoms. The van der Waals surface area contributed by atoms with Crippen LogP contribution in [0.1, 0.15) is 25.0 Å². The van der Waals surface area contributed by atoms with Crippen LogP contribution in [-0.4, -0.2) is 29.6 Å². The molecule has 0 aromatic heterocycles. The van der Waals surface area contributed by atoms with Crippen molar-refractivity contribution in [3.63, 3.8) is 0 Å². The van der Waals surface area contributed by atoms with Gasteiger partial charge >= 0.3 is 5.97 Å². The number of ether oxygens (including phenoxy) is 3. The van der Waals surface area contributed by atoms with Crippen LogP contribution >= 0.6 is 0 Å². The summed E-state index contributed by atoms with van der Waals surface area (Å²) in [6, 6.07) is 13.4. The zero-order valence-corrected chi connectivity index (χ0v) is 16.5. The summed E-state index contributed by atoms with van der Waals surface area (Å²) in [4.78, 5) is 25.7. The molecule has 0 unspecified atom stereocenters. The summed E-state index contributed by atoms with van der Waals surface area (Å²) in [5.41, 5.74) is 1.62. The smallest absolute Gasteiger partial charge is 0.377 e. The number of carbonyl (C=O) groups is 2. The summed E-state index contributed by atoms with van der Waals surface area (Å²) >= 11 is 0. The maximum Gasteiger partial charge on any atom is 0.377 e. The molecule has 152 valence electrons. The molecule has 0 saturated carbocycles. The standard InChI is InChI=1S/C22H22FNO5/c1-22(2)28-19(21(26)29-22)12-20(25)24(3)13-16-6-4-5-7-18(16)27-14-15-8-10-17(23)11-9-15/h4-12H,13-14H2,1-3H3. The van der Waals surface area contributed by atoms with E-state index >= 15 is 0 Å². The molecule has 0 radical (unpaired) electrons. The second kappa shape index (κ2) is 8.34. The summed E-state index contributed by atoms with van der Waals surface area (Å²) in [5.74, 6) is -1.96. The fourth-order valence-electron chi connectivity index (χ4n) is 2.76. The average Bonchev–Trinajstić information content (AvgIpc) is 2.93. The van der Waals surface area contributed by atoms with Crippen LogP contribution in [0, 0.1) is 5.82 Å². The van der Waals surface area contributed by atoms with E-state index in [-0.39, 0.29) is 24.7 Å². The first kappa shape index (κ1) is 20.4. The number of likely N-dealkylation sites (N-methyl/N-ethyl adjacent to an activating group) is 1. The molecule has 1 aliphatic rings. The van der Waals surface area contributed by atoms with Gasteiger partial charge in [-0.2, -0.15) is 0 Å². The molecule has 1 amide bonds. The number of rotatable bonds is 6. The van der Waals surface area contributed by atoms with E-state index in [1.54, 1.807) is 39.1 Å². The van der Waals surface area contributed by atoms with Crippen molar-refractivity contribution in [1.82, 2.24) is 4.90 Å². The Bertz CT molecular complexity index is 936. The van der Waals surface area contributed by atoms with Gasteiger partial charge in [-0.1, -0.05) is 30.3 Å². The molecule has 1 saturated heterocycles. The van der Waals surface area contributed by atoms with Crippen molar-refractivity contribution in [2.24, 2.45) is 0 Å². The van der Waals surface area contributed by atoms with Gasteiger partial charge in [0.25, 0.3) is 5.91 Å². The molecule has 0 N–H and O–H groups in total. The van der Waals surface area contributed by atoms with Gasteiger partial charge in [-0.25, -0.2) is 9.18 Å². The average molecular weight is 399 g/mol. The van der Waals surface area contributed by atoms with Crippen LogP contribution in [0.25, 0.3) is 0 Å². The van der Waals surface area contributed by atoms with Gasteiger partial charge in [0.15, 0.2) is 0 Å². The van der Waals surface area contributed by atoms with E-state index in [4.69, 9.17) is 14.2 Å². The molecule has 3 rings (SSSR count). The van der Waals surface area contributed by atoms with Crippen molar-refractivity contribution >= 4 is 11.9 Å². The third kappa shape index (κ3) is 5.34. The van der Waals surface area contributed by atoms with Crippen LogP contribution in [0.4, 0.5) is 4.39 Å². The Morgan fingerprint density at radius 3 is 2.48 bits per heavy atom. The van der Waals surface area contributed by atoms with Crippen LogP contribution in [0.2, 0.25) is 0 Å². The van der Waals surface area contributed by atoms with E-state index in [1.807, 2.05) is 18.2 Å². The third-order valence-electron chi connectivity index (χ3n) is 4.21. The normalized spacial score (nSPS) is 16.3. The summed E-state index contributed by atoms with van der Waals surface area (Å²) in [6.07, 6.45) is 1.12. The van der Waals surface area contributed by atoms with E-state index in [0.717, 1.165) is 17.2 Å². The molecule has 0 aliphatic carbocycles. The molecule has 6 nitrogen and oxygen atoms in total. The van der Waals surface area contributed by atoms with Crippen molar-refractivity contribution in [1.29, 1.82) is 0 Å². The molecule has 1 aliphatic heterocycles. The Balaban J connectivity index is 1.66. The van der Waals surface area contributed by atoms with Crippen molar-refractivity contribution in [2.75, 3.05) is 7.05 Å². The lowest BCUT2D eigenvalue weighted by atomic mass is 10.2. The van der Waals surface area contributed by atoms with Gasteiger partial charge in [0.1, 0.15) is 18.2 Å². The molecular weight excluding hydrogens is 377 g/mol. The first-order valence-electron chi connectivity index (χ1n) is 9.08. The van der Waals surface area contributed by atoms with Gasteiger partial charge in [0.2, 0.25) is 11.5 Å². The molecule has 29 heavy (non-hydrogen) atoms. The Morgan fingerprint density at radius 1 is 1.14 bits per heavy atom. The Hall–Kier alpha value is -3.35. The predicted molar refractivity (Wildman–Crippen MR) is 103 cm³/mol. The minimum atomic E-state index is -1.08. The molecule has 2 aromatic rings. The fourth-order valence-corrected chi connectivity index (χ4v) is 2.76. The van der Waals surface area contributed by atoms with Gasteiger partial charge in [-0.3, -0.25) is 4.79 Å². The number of amides is 1. The van der Waals surface area contributed by atoms with Crippen LogP contribution in [0.5, 0.6) is 5.75 Å². The minimum absolute atomic E-state index is 0.118. The third-order valence-corrected chi connectivity index (χ3v) is 4.21. The molecule has 0 atom stereocenters. The maximum absolute atomic E-state index is 13.0. The van der Waals surface area contributed by atoms with Gasteiger partial charge in [0, 0.05) is 33.0 Å².